The van der Waals surface area contributed by atoms with Crippen molar-refractivity contribution < 1.29 is 141 Å². The molecule has 0 spiro atoms. The van der Waals surface area contributed by atoms with Gasteiger partial charge in [-0.3, -0.25) is 14.4 Å². The van der Waals surface area contributed by atoms with Gasteiger partial charge in [-0.2, -0.15) is 79.0 Å². The average molecular weight is 713 g/mol. The van der Waals surface area contributed by atoms with Crippen LogP contribution in [0.25, 0.3) is 0 Å². The molecule has 3 N–H and O–H groups in total. The number of aliphatic hydroxyl groups is 3. The van der Waals surface area contributed by atoms with E-state index in [1.165, 1.54) is 0 Å². The maximum atomic E-state index is 11.4. The molecule has 0 aromatic carbocycles. The first kappa shape index (κ1) is 44.5. The summed E-state index contributed by atoms with van der Waals surface area (Å²) in [5, 5.41) is 23.8. The molecule has 231 valence electrons. The zero-order valence-corrected chi connectivity index (χ0v) is 20.5. The smallest absolute Gasteiger partial charge is 0.454 e. The van der Waals surface area contributed by atoms with Crippen LogP contribution in [0.2, 0.25) is 0 Å². The second kappa shape index (κ2) is 15.5. The predicted molar refractivity (Wildman–Crippen MR) is 83.5 cm³/mol. The Hall–Kier alpha value is -2.53. The number of rotatable bonds is 3. The number of hydrogen-bond acceptors (Lipinski definition) is 6. The maximum Gasteiger partial charge on any atom is 0.454 e. The van der Waals surface area contributed by atoms with Crippen LogP contribution in [0, 0.1) is 0 Å². The Kier molecular flexibility index (Phi) is 17.2. The molecule has 0 heterocycles. The van der Waals surface area contributed by atoms with Crippen LogP contribution in [-0.2, 0) is 47.1 Å². The number of ketones is 3. The van der Waals surface area contributed by atoms with Gasteiger partial charge in [-0.25, -0.2) is 0 Å². The number of carbonyl (C=O) groups excluding carboxylic acids is 3. The second-order valence-electron chi connectivity index (χ2n) is 5.67. The molecule has 0 aliphatic heterocycles. The van der Waals surface area contributed by atoms with E-state index in [2.05, 4.69) is 0 Å². The fraction of sp³-hybridized carbons (Fsp3) is 0.400. The van der Waals surface area contributed by atoms with E-state index in [4.69, 9.17) is 15.3 Å². The molecule has 0 fully saturated rings. The van der Waals surface area contributed by atoms with Gasteiger partial charge in [0.25, 0.3) is 17.3 Å². The number of carbonyl (C=O) groups is 3. The quantitative estimate of drug-likeness (QED) is 0.178. The third kappa shape index (κ3) is 20.4. The maximum absolute atomic E-state index is 11.4. The SMILES string of the molecule is O=C(C=C(O)C(F)(F)F)C(F)(F)F.O=C(C=C(O)C(F)(F)F)C(F)(F)F.O=C(C=C(O)C(F)(F)F)C(F)(F)F.[Y]. The van der Waals surface area contributed by atoms with Gasteiger partial charge in [-0.1, -0.05) is 0 Å². The Bertz CT molecular complexity index is 834. The molecule has 0 saturated carbocycles. The molecule has 0 atom stereocenters. The summed E-state index contributed by atoms with van der Waals surface area (Å²) in [7, 11) is 0. The van der Waals surface area contributed by atoms with E-state index >= 15 is 0 Å². The van der Waals surface area contributed by atoms with E-state index in [1.54, 1.807) is 0 Å². The van der Waals surface area contributed by atoms with Crippen LogP contribution >= 0.6 is 0 Å². The van der Waals surface area contributed by atoms with Gasteiger partial charge in [-0.05, 0) is 0 Å². The van der Waals surface area contributed by atoms with Crippen LogP contribution < -0.4 is 0 Å². The number of alkyl halides is 18. The summed E-state index contributed by atoms with van der Waals surface area (Å²) < 4.78 is 204. The topological polar surface area (TPSA) is 112 Å². The standard InChI is InChI=1S/3C5H2F6O2.Y/c3*6-4(7,8)2(12)1-3(13)5(9,10)11;/h3*1,12H;. The molecule has 0 unspecified atom stereocenters. The van der Waals surface area contributed by atoms with Crippen molar-refractivity contribution in [3.05, 3.63) is 35.5 Å². The number of halogens is 18. The Balaban J connectivity index is -0.000000240. The van der Waals surface area contributed by atoms with Crippen LogP contribution in [0.3, 0.4) is 0 Å². The third-order valence-electron chi connectivity index (χ3n) is 2.51. The van der Waals surface area contributed by atoms with Crippen molar-refractivity contribution >= 4 is 17.3 Å². The number of hydrogen-bond donors (Lipinski definition) is 3. The van der Waals surface area contributed by atoms with Crippen molar-refractivity contribution in [3.8, 4) is 0 Å². The van der Waals surface area contributed by atoms with Gasteiger partial charge in [0, 0.05) is 50.9 Å². The molecule has 0 aromatic rings. The fourth-order valence-corrected chi connectivity index (χ4v) is 0.864. The van der Waals surface area contributed by atoms with Crippen LogP contribution in [0.1, 0.15) is 0 Å². The monoisotopic (exact) mass is 713 g/mol. The van der Waals surface area contributed by atoms with Crippen LogP contribution in [0.4, 0.5) is 79.0 Å². The molecule has 6 nitrogen and oxygen atoms in total. The molecule has 0 aliphatic carbocycles. The molecule has 0 amide bonds. The van der Waals surface area contributed by atoms with Gasteiger partial charge in [0.1, 0.15) is 0 Å². The molecule has 0 saturated heterocycles. The van der Waals surface area contributed by atoms with E-state index in [1.807, 2.05) is 0 Å². The van der Waals surface area contributed by atoms with Gasteiger partial charge in [-0.15, -0.1) is 0 Å². The summed E-state index contributed by atoms with van der Waals surface area (Å²) in [6.45, 7) is 0. The normalized spacial score (nSPS) is 14.1. The van der Waals surface area contributed by atoms with E-state index in [0.717, 1.165) is 0 Å². The Labute approximate surface area is 231 Å². The van der Waals surface area contributed by atoms with Gasteiger partial charge in [0.2, 0.25) is 17.3 Å². The number of aliphatic hydroxyl groups excluding tert-OH is 3. The molecular formula is C15H6F18O6Y. The predicted octanol–water partition coefficient (Wildman–Crippen LogP) is 6.36. The van der Waals surface area contributed by atoms with Crippen LogP contribution in [-0.4, -0.2) is 69.7 Å². The van der Waals surface area contributed by atoms with Crippen molar-refractivity contribution in [2.75, 3.05) is 0 Å². The Morgan fingerprint density at radius 2 is 0.475 bits per heavy atom. The zero-order valence-electron chi connectivity index (χ0n) is 17.7. The average Bonchev–Trinajstić information content (AvgIpc) is 2.64. The molecule has 0 rings (SSSR count). The summed E-state index contributed by atoms with van der Waals surface area (Å²) in [4.78, 5) is 29.6. The van der Waals surface area contributed by atoms with Crippen molar-refractivity contribution in [1.82, 2.24) is 0 Å². The minimum absolute atomic E-state index is 0. The fourth-order valence-electron chi connectivity index (χ4n) is 0.864. The van der Waals surface area contributed by atoms with E-state index in [-0.39, 0.29) is 32.7 Å². The molecule has 40 heavy (non-hydrogen) atoms. The largest absolute Gasteiger partial charge is 0.504 e. The Morgan fingerprint density at radius 1 is 0.350 bits per heavy atom. The molecule has 1 radical (unpaired) electrons. The van der Waals surface area contributed by atoms with Gasteiger partial charge >= 0.3 is 37.1 Å². The van der Waals surface area contributed by atoms with Gasteiger partial charge in [0.05, 0.1) is 0 Å². The summed E-state index contributed by atoms with van der Waals surface area (Å²) >= 11 is 0. The van der Waals surface area contributed by atoms with Crippen molar-refractivity contribution in [3.63, 3.8) is 0 Å². The first-order valence-corrected chi connectivity index (χ1v) is 7.92. The molecule has 25 heteroatoms. The molecule has 0 aliphatic rings. The summed E-state index contributed by atoms with van der Waals surface area (Å²) in [5.41, 5.74) is 0. The van der Waals surface area contributed by atoms with Crippen LogP contribution in [0.5, 0.6) is 0 Å². The number of allylic oxidation sites excluding steroid dienone is 6. The van der Waals surface area contributed by atoms with Crippen LogP contribution in [0.15, 0.2) is 35.5 Å². The summed E-state index contributed by atoms with van der Waals surface area (Å²) in [6, 6.07) is 0. The van der Waals surface area contributed by atoms with E-state index in [9.17, 15) is 93.4 Å². The minimum Gasteiger partial charge on any atom is -0.504 e. The molecule has 0 bridgehead atoms. The summed E-state index contributed by atoms with van der Waals surface area (Å²) in [5.74, 6) is -16.0. The first-order valence-electron chi connectivity index (χ1n) is 7.92. The van der Waals surface area contributed by atoms with Gasteiger partial charge in [0.15, 0.2) is 0 Å². The minimum atomic E-state index is -5.42. The second-order valence-corrected chi connectivity index (χ2v) is 5.67. The van der Waals surface area contributed by atoms with E-state index in [0.29, 0.717) is 0 Å². The zero-order chi connectivity index (χ0) is 32.6. The summed E-state index contributed by atoms with van der Waals surface area (Å²) in [6.07, 6.45) is -35.0. The van der Waals surface area contributed by atoms with Crippen molar-refractivity contribution in [2.45, 2.75) is 37.1 Å². The molecular weight excluding hydrogens is 707 g/mol. The Morgan fingerprint density at radius 3 is 0.550 bits per heavy atom. The third-order valence-corrected chi connectivity index (χ3v) is 2.51. The molecule has 0 aromatic heterocycles. The van der Waals surface area contributed by atoms with Crippen molar-refractivity contribution in [2.24, 2.45) is 0 Å². The van der Waals surface area contributed by atoms with Gasteiger partial charge < -0.3 is 15.3 Å². The first-order chi connectivity index (χ1) is 16.6. The van der Waals surface area contributed by atoms with E-state index < -0.39 is 89.9 Å². The van der Waals surface area contributed by atoms with Crippen molar-refractivity contribution in [1.29, 1.82) is 0 Å².